The Bertz CT molecular complexity index is 854. The fraction of sp³-hybridized carbons (Fsp3) is 0.286. The zero-order valence-corrected chi connectivity index (χ0v) is 15.3. The summed E-state index contributed by atoms with van der Waals surface area (Å²) >= 11 is 0. The quantitative estimate of drug-likeness (QED) is 0.795. The number of hydrogen-bond acceptors (Lipinski definition) is 3. The van der Waals surface area contributed by atoms with Crippen LogP contribution in [0.15, 0.2) is 54.6 Å². The molecule has 3 rings (SSSR count). The molecule has 1 N–H and O–H groups in total. The maximum absolute atomic E-state index is 13.1. The van der Waals surface area contributed by atoms with Gasteiger partial charge in [-0.1, -0.05) is 42.5 Å². The topological polar surface area (TPSA) is 77.9 Å². The first-order chi connectivity index (χ1) is 13.4. The Morgan fingerprint density at radius 1 is 1.07 bits per heavy atom. The number of rotatable bonds is 7. The van der Waals surface area contributed by atoms with E-state index < -0.39 is 24.2 Å². The lowest BCUT2D eigenvalue weighted by molar-refractivity contribution is -0.146. The number of likely N-dealkylation sites (tertiary alicyclic amines) is 1. The summed E-state index contributed by atoms with van der Waals surface area (Å²) < 4.78 is 13.1. The SMILES string of the molecule is O=C(O)CN(Cc1ccc(F)cc1)C(=O)C1CC(=O)N(Cc2ccccc2)C1. The summed E-state index contributed by atoms with van der Waals surface area (Å²) in [5.41, 5.74) is 1.60. The lowest BCUT2D eigenvalue weighted by Crippen LogP contribution is -2.40. The first-order valence-electron chi connectivity index (χ1n) is 8.99. The van der Waals surface area contributed by atoms with Gasteiger partial charge in [0.1, 0.15) is 12.4 Å². The molecule has 7 heteroatoms. The van der Waals surface area contributed by atoms with Crippen molar-refractivity contribution < 1.29 is 23.9 Å². The normalized spacial score (nSPS) is 16.2. The van der Waals surface area contributed by atoms with E-state index in [1.807, 2.05) is 30.3 Å². The molecule has 2 amide bonds. The van der Waals surface area contributed by atoms with Crippen molar-refractivity contribution in [2.24, 2.45) is 5.92 Å². The molecule has 0 bridgehead atoms. The van der Waals surface area contributed by atoms with E-state index in [9.17, 15) is 18.8 Å². The number of nitrogens with zero attached hydrogens (tertiary/aromatic N) is 2. The predicted octanol–water partition coefficient (Wildman–Crippen LogP) is 2.29. The van der Waals surface area contributed by atoms with Gasteiger partial charge in [0.15, 0.2) is 0 Å². The van der Waals surface area contributed by atoms with Crippen LogP contribution in [0.2, 0.25) is 0 Å². The van der Waals surface area contributed by atoms with Crippen molar-refractivity contribution in [2.45, 2.75) is 19.5 Å². The number of benzene rings is 2. The van der Waals surface area contributed by atoms with Gasteiger partial charge in [0.2, 0.25) is 11.8 Å². The average Bonchev–Trinajstić information content (AvgIpc) is 3.03. The first kappa shape index (κ1) is 19.5. The molecule has 2 aromatic carbocycles. The molecular formula is C21H21FN2O4. The zero-order chi connectivity index (χ0) is 20.1. The van der Waals surface area contributed by atoms with Crippen LogP contribution in [-0.2, 0) is 27.5 Å². The minimum atomic E-state index is -1.14. The van der Waals surface area contributed by atoms with E-state index in [0.29, 0.717) is 12.1 Å². The summed E-state index contributed by atoms with van der Waals surface area (Å²) in [6.07, 6.45) is 0.0607. The van der Waals surface area contributed by atoms with Crippen molar-refractivity contribution in [3.05, 3.63) is 71.5 Å². The second kappa shape index (κ2) is 8.65. The van der Waals surface area contributed by atoms with Crippen LogP contribution in [-0.4, -0.2) is 45.8 Å². The molecule has 1 saturated heterocycles. The fourth-order valence-corrected chi connectivity index (χ4v) is 3.34. The molecule has 0 radical (unpaired) electrons. The maximum atomic E-state index is 13.1. The minimum Gasteiger partial charge on any atom is -0.480 e. The van der Waals surface area contributed by atoms with Crippen LogP contribution in [0.4, 0.5) is 4.39 Å². The molecule has 1 aliphatic heterocycles. The van der Waals surface area contributed by atoms with E-state index in [1.165, 1.54) is 29.2 Å². The molecule has 0 spiro atoms. The molecule has 146 valence electrons. The fourth-order valence-electron chi connectivity index (χ4n) is 3.34. The van der Waals surface area contributed by atoms with Crippen molar-refractivity contribution in [1.82, 2.24) is 9.80 Å². The van der Waals surface area contributed by atoms with E-state index in [1.54, 1.807) is 4.90 Å². The first-order valence-corrected chi connectivity index (χ1v) is 8.99. The van der Waals surface area contributed by atoms with Crippen LogP contribution in [0.5, 0.6) is 0 Å². The third-order valence-electron chi connectivity index (χ3n) is 4.70. The number of carbonyl (C=O) groups is 3. The van der Waals surface area contributed by atoms with Gasteiger partial charge in [-0.3, -0.25) is 14.4 Å². The highest BCUT2D eigenvalue weighted by Crippen LogP contribution is 2.23. The molecule has 1 heterocycles. The van der Waals surface area contributed by atoms with Gasteiger partial charge in [-0.25, -0.2) is 4.39 Å². The van der Waals surface area contributed by atoms with Crippen LogP contribution < -0.4 is 0 Å². The van der Waals surface area contributed by atoms with Gasteiger partial charge in [-0.15, -0.1) is 0 Å². The number of aliphatic carboxylic acids is 1. The minimum absolute atomic E-state index is 0.0504. The number of amides is 2. The molecule has 1 unspecified atom stereocenters. The van der Waals surface area contributed by atoms with E-state index in [4.69, 9.17) is 5.11 Å². The predicted molar refractivity (Wildman–Crippen MR) is 99.4 cm³/mol. The molecule has 1 atom stereocenters. The third-order valence-corrected chi connectivity index (χ3v) is 4.70. The van der Waals surface area contributed by atoms with Gasteiger partial charge in [0, 0.05) is 26.1 Å². The third kappa shape index (κ3) is 4.94. The Hall–Kier alpha value is -3.22. The molecule has 1 aliphatic rings. The van der Waals surface area contributed by atoms with Gasteiger partial charge < -0.3 is 14.9 Å². The van der Waals surface area contributed by atoms with Gasteiger partial charge >= 0.3 is 5.97 Å². The summed E-state index contributed by atoms with van der Waals surface area (Å²) in [6.45, 7) is 0.251. The molecule has 2 aromatic rings. The highest BCUT2D eigenvalue weighted by atomic mass is 19.1. The molecule has 0 saturated carbocycles. The molecule has 1 fully saturated rings. The number of carboxylic acids is 1. The Kier molecular flexibility index (Phi) is 6.03. The van der Waals surface area contributed by atoms with Crippen LogP contribution >= 0.6 is 0 Å². The molecule has 28 heavy (non-hydrogen) atoms. The monoisotopic (exact) mass is 384 g/mol. The van der Waals surface area contributed by atoms with Crippen molar-refractivity contribution >= 4 is 17.8 Å². The average molecular weight is 384 g/mol. The Labute approximate surface area is 162 Å². The smallest absolute Gasteiger partial charge is 0.323 e. The Morgan fingerprint density at radius 3 is 2.39 bits per heavy atom. The van der Waals surface area contributed by atoms with E-state index in [0.717, 1.165) is 5.56 Å². The van der Waals surface area contributed by atoms with Crippen LogP contribution in [0.3, 0.4) is 0 Å². The van der Waals surface area contributed by atoms with Crippen molar-refractivity contribution in [3.63, 3.8) is 0 Å². The summed E-state index contributed by atoms with van der Waals surface area (Å²) in [4.78, 5) is 39.3. The number of hydrogen-bond donors (Lipinski definition) is 1. The Balaban J connectivity index is 1.69. The lowest BCUT2D eigenvalue weighted by Gasteiger charge is -2.24. The van der Waals surface area contributed by atoms with Crippen molar-refractivity contribution in [3.8, 4) is 0 Å². The van der Waals surface area contributed by atoms with Crippen LogP contribution in [0.1, 0.15) is 17.5 Å². The van der Waals surface area contributed by atoms with Gasteiger partial charge in [0.25, 0.3) is 0 Å². The van der Waals surface area contributed by atoms with Gasteiger partial charge in [0.05, 0.1) is 5.92 Å². The highest BCUT2D eigenvalue weighted by Gasteiger charge is 2.37. The second-order valence-electron chi connectivity index (χ2n) is 6.88. The second-order valence-corrected chi connectivity index (χ2v) is 6.88. The van der Waals surface area contributed by atoms with E-state index in [-0.39, 0.29) is 31.3 Å². The molecule has 0 aromatic heterocycles. The standard InChI is InChI=1S/C21H21FN2O4/c22-18-8-6-16(7-9-18)12-24(14-20(26)27)21(28)17-10-19(25)23(13-17)11-15-4-2-1-3-5-15/h1-9,17H,10-14H2,(H,26,27). The largest absolute Gasteiger partial charge is 0.480 e. The van der Waals surface area contributed by atoms with E-state index >= 15 is 0 Å². The Morgan fingerprint density at radius 2 is 1.75 bits per heavy atom. The van der Waals surface area contributed by atoms with E-state index in [2.05, 4.69) is 0 Å². The molecule has 6 nitrogen and oxygen atoms in total. The van der Waals surface area contributed by atoms with Crippen LogP contribution in [0, 0.1) is 11.7 Å². The highest BCUT2D eigenvalue weighted by molar-refractivity contribution is 5.90. The number of halogens is 1. The number of carbonyl (C=O) groups excluding carboxylic acids is 2. The van der Waals surface area contributed by atoms with Crippen molar-refractivity contribution in [2.75, 3.05) is 13.1 Å². The zero-order valence-electron chi connectivity index (χ0n) is 15.3. The molecule has 0 aliphatic carbocycles. The van der Waals surface area contributed by atoms with Crippen molar-refractivity contribution in [1.29, 1.82) is 0 Å². The maximum Gasteiger partial charge on any atom is 0.323 e. The molecular weight excluding hydrogens is 363 g/mol. The summed E-state index contributed by atoms with van der Waals surface area (Å²) in [7, 11) is 0. The van der Waals surface area contributed by atoms with Gasteiger partial charge in [-0.2, -0.15) is 0 Å². The van der Waals surface area contributed by atoms with Gasteiger partial charge in [-0.05, 0) is 23.3 Å². The van der Waals surface area contributed by atoms with Crippen LogP contribution in [0.25, 0.3) is 0 Å². The summed E-state index contributed by atoms with van der Waals surface area (Å²) in [6, 6.07) is 15.0. The lowest BCUT2D eigenvalue weighted by atomic mass is 10.1. The summed E-state index contributed by atoms with van der Waals surface area (Å²) in [5, 5.41) is 9.17. The summed E-state index contributed by atoms with van der Waals surface area (Å²) in [5.74, 6) is -2.63. The number of carboxylic acid groups (broad SMARTS) is 1.